The third kappa shape index (κ3) is 9.53. The summed E-state index contributed by atoms with van der Waals surface area (Å²) in [5, 5.41) is 35.8. The van der Waals surface area contributed by atoms with Crippen LogP contribution < -0.4 is 21.8 Å². The third-order valence-electron chi connectivity index (χ3n) is 3.84. The van der Waals surface area contributed by atoms with Gasteiger partial charge in [-0.25, -0.2) is 13.9 Å². The number of carboxylic acids is 2. The molecule has 0 bridgehead atoms. The molecule has 0 saturated carbocycles. The summed E-state index contributed by atoms with van der Waals surface area (Å²) >= 11 is 0. The fraction of sp³-hybridized carbons (Fsp3) is 0.538. The lowest BCUT2D eigenvalue weighted by molar-refractivity contribution is -0.144. The second kappa shape index (κ2) is 11.9. The fourth-order valence-electron chi connectivity index (χ4n) is 2.37. The first-order valence-electron chi connectivity index (χ1n) is 8.79. The Kier molecular flexibility index (Phi) is 10.4. The Morgan fingerprint density at radius 1 is 1.21 bits per heavy atom. The number of ether oxygens (including phenoxy) is 1. The van der Waals surface area contributed by atoms with Gasteiger partial charge in [-0.1, -0.05) is 0 Å². The molecule has 6 atom stereocenters. The molecular weight excluding hydrogens is 514 g/mol. The van der Waals surface area contributed by atoms with E-state index in [9.17, 15) is 43.4 Å². The van der Waals surface area contributed by atoms with Gasteiger partial charge in [-0.3, -0.25) is 28.5 Å². The number of rotatable bonds is 9. The Balaban J connectivity index is 0.000000546. The molecule has 1 aliphatic rings. The van der Waals surface area contributed by atoms with Crippen molar-refractivity contribution in [1.29, 1.82) is 0 Å². The van der Waals surface area contributed by atoms with Crippen molar-refractivity contribution < 1.29 is 63.1 Å². The standard InChI is InChI=1S/C9H15N3O11P2.C4H7NO4/c13-5-1-2-12(9(16)10-5)8-7(15)6(14)4(23-8)3-22-25(20,21)11-24(17,18)19;5-2(4(8)9)1-3(6)7/h1-2,4,6-8,14-15H,3H2,(H,10,13,16)(H4,11,17,18,19,20,21);2H,1,5H2,(H,6,7)(H,8,9)/t4-,6-,7-,8-;2-/m10/s1. The van der Waals surface area contributed by atoms with Crippen molar-refractivity contribution in [1.82, 2.24) is 14.4 Å². The average molecular weight is 536 g/mol. The first-order valence-corrected chi connectivity index (χ1v) is 12.0. The molecule has 0 aromatic carbocycles. The van der Waals surface area contributed by atoms with Crippen LogP contribution in [0.3, 0.4) is 0 Å². The summed E-state index contributed by atoms with van der Waals surface area (Å²) in [6.45, 7) is -0.840. The SMILES string of the molecule is N[C@@H](CC(=O)O)C(=O)O.O=c1ccn([C@@H]2O[C@H](COP(=O)(O)NP(=O)(O)O)[C@@H](O)[C@H]2O)c(=O)[nH]1. The minimum Gasteiger partial charge on any atom is -0.481 e. The minimum atomic E-state index is -5.07. The van der Waals surface area contributed by atoms with Gasteiger partial charge in [0.2, 0.25) is 0 Å². The number of aromatic nitrogens is 2. The molecule has 0 amide bonds. The maximum absolute atomic E-state index is 11.7. The molecule has 1 aromatic rings. The summed E-state index contributed by atoms with van der Waals surface area (Å²) in [6.07, 6.45) is -5.66. The van der Waals surface area contributed by atoms with Crippen LogP contribution in [-0.4, -0.2) is 87.6 Å². The molecule has 21 heteroatoms. The maximum atomic E-state index is 11.7. The van der Waals surface area contributed by atoms with E-state index in [0.717, 1.165) is 21.7 Å². The first kappa shape index (κ1) is 29.8. The van der Waals surface area contributed by atoms with Crippen LogP contribution in [0.5, 0.6) is 0 Å². The lowest BCUT2D eigenvalue weighted by Gasteiger charge is -2.18. The molecule has 1 aliphatic heterocycles. The van der Waals surface area contributed by atoms with Crippen molar-refractivity contribution in [3.8, 4) is 0 Å². The van der Waals surface area contributed by atoms with E-state index in [1.165, 1.54) is 0 Å². The molecule has 2 heterocycles. The molecular formula is C13H22N4O15P2. The van der Waals surface area contributed by atoms with Gasteiger partial charge in [0, 0.05) is 12.3 Å². The fourth-order valence-corrected chi connectivity index (χ4v) is 4.26. The van der Waals surface area contributed by atoms with E-state index < -0.39 is 82.3 Å². The zero-order valence-corrected chi connectivity index (χ0v) is 18.6. The lowest BCUT2D eigenvalue weighted by atomic mass is 10.1. The number of carbonyl (C=O) groups is 2. The molecule has 1 aromatic heterocycles. The average Bonchev–Trinajstić information content (AvgIpc) is 2.93. The number of hydrogen-bond acceptors (Lipinski definition) is 11. The molecule has 34 heavy (non-hydrogen) atoms. The number of nitrogens with two attached hydrogens (primary N) is 1. The van der Waals surface area contributed by atoms with Crippen LogP contribution in [0.4, 0.5) is 0 Å². The largest absolute Gasteiger partial charge is 0.481 e. The van der Waals surface area contributed by atoms with Crippen molar-refractivity contribution >= 4 is 27.4 Å². The maximum Gasteiger partial charge on any atom is 0.412 e. The van der Waals surface area contributed by atoms with Gasteiger partial charge in [0.05, 0.1) is 13.0 Å². The van der Waals surface area contributed by atoms with Gasteiger partial charge in [0.15, 0.2) is 6.23 Å². The number of aliphatic hydroxyl groups excluding tert-OH is 2. The summed E-state index contributed by atoms with van der Waals surface area (Å²) in [4.78, 5) is 71.7. The number of aliphatic hydroxyl groups is 2. The molecule has 2 rings (SSSR count). The van der Waals surface area contributed by atoms with E-state index in [2.05, 4.69) is 4.52 Å². The van der Waals surface area contributed by atoms with E-state index in [1.807, 2.05) is 4.98 Å². The van der Waals surface area contributed by atoms with E-state index in [0.29, 0.717) is 0 Å². The topological polar surface area (TPSA) is 321 Å². The van der Waals surface area contributed by atoms with Crippen molar-refractivity contribution in [2.24, 2.45) is 5.73 Å². The van der Waals surface area contributed by atoms with Gasteiger partial charge < -0.3 is 45.6 Å². The van der Waals surface area contributed by atoms with Gasteiger partial charge in [-0.05, 0) is 0 Å². The molecule has 1 saturated heterocycles. The molecule has 0 aliphatic carbocycles. The van der Waals surface area contributed by atoms with Crippen LogP contribution >= 0.6 is 15.5 Å². The summed E-state index contributed by atoms with van der Waals surface area (Å²) in [5.74, 6) is -2.50. The van der Waals surface area contributed by atoms with Crippen LogP contribution in [-0.2, 0) is 28.0 Å². The normalized spacial score (nSPS) is 25.0. The molecule has 1 fully saturated rings. The Morgan fingerprint density at radius 3 is 2.24 bits per heavy atom. The van der Waals surface area contributed by atoms with Crippen molar-refractivity contribution in [2.45, 2.75) is 37.0 Å². The second-order valence-corrected chi connectivity index (χ2v) is 9.75. The highest BCUT2D eigenvalue weighted by Crippen LogP contribution is 2.48. The predicted octanol–water partition coefficient (Wildman–Crippen LogP) is -4.17. The van der Waals surface area contributed by atoms with Crippen LogP contribution in [0.1, 0.15) is 12.6 Å². The Labute approximate surface area is 188 Å². The highest BCUT2D eigenvalue weighted by Gasteiger charge is 2.45. The van der Waals surface area contributed by atoms with Gasteiger partial charge in [0.25, 0.3) is 5.56 Å². The molecule has 19 nitrogen and oxygen atoms in total. The number of H-pyrrole nitrogens is 1. The Hall–Kier alpha value is -2.28. The smallest absolute Gasteiger partial charge is 0.412 e. The molecule has 0 radical (unpaired) electrons. The van der Waals surface area contributed by atoms with E-state index in [-0.39, 0.29) is 0 Å². The number of hydrogen-bond donors (Lipinski definition) is 10. The zero-order chi connectivity index (χ0) is 26.4. The number of carboxylic acid groups (broad SMARTS) is 2. The monoisotopic (exact) mass is 536 g/mol. The molecule has 0 spiro atoms. The van der Waals surface area contributed by atoms with Crippen LogP contribution in [0.2, 0.25) is 0 Å². The summed E-state index contributed by atoms with van der Waals surface area (Å²) in [5.41, 5.74) is 3.21. The highest BCUT2D eigenvalue weighted by molar-refractivity contribution is 7.66. The van der Waals surface area contributed by atoms with E-state index >= 15 is 0 Å². The Morgan fingerprint density at radius 2 is 1.79 bits per heavy atom. The van der Waals surface area contributed by atoms with Crippen LogP contribution in [0.15, 0.2) is 21.9 Å². The molecule has 1 unspecified atom stereocenters. The number of nitrogens with one attached hydrogen (secondary N) is 2. The highest BCUT2D eigenvalue weighted by atomic mass is 31.3. The van der Waals surface area contributed by atoms with Gasteiger partial charge >= 0.3 is 33.1 Å². The lowest BCUT2D eigenvalue weighted by Crippen LogP contribution is -2.37. The second-order valence-electron chi connectivity index (χ2n) is 6.57. The predicted molar refractivity (Wildman–Crippen MR) is 106 cm³/mol. The number of nitrogens with zero attached hydrogens (tertiary/aromatic N) is 1. The zero-order valence-electron chi connectivity index (χ0n) is 16.8. The summed E-state index contributed by atoms with van der Waals surface area (Å²) in [7, 11) is -9.99. The van der Waals surface area contributed by atoms with E-state index in [4.69, 9.17) is 30.5 Å². The molecule has 194 valence electrons. The third-order valence-corrected chi connectivity index (χ3v) is 6.40. The molecule has 11 N–H and O–H groups in total. The van der Waals surface area contributed by atoms with Crippen LogP contribution in [0, 0.1) is 0 Å². The summed E-state index contributed by atoms with van der Waals surface area (Å²) in [6, 6.07) is -0.318. The van der Waals surface area contributed by atoms with Crippen molar-refractivity contribution in [3.05, 3.63) is 33.1 Å². The van der Waals surface area contributed by atoms with Crippen molar-refractivity contribution in [2.75, 3.05) is 6.61 Å². The van der Waals surface area contributed by atoms with Crippen molar-refractivity contribution in [3.63, 3.8) is 0 Å². The van der Waals surface area contributed by atoms with Gasteiger partial charge in [-0.2, -0.15) is 0 Å². The first-order chi connectivity index (χ1) is 15.4. The Bertz CT molecular complexity index is 1080. The van der Waals surface area contributed by atoms with Gasteiger partial charge in [-0.15, -0.1) is 4.86 Å². The number of aromatic amines is 1. The van der Waals surface area contributed by atoms with Crippen LogP contribution in [0.25, 0.3) is 0 Å². The van der Waals surface area contributed by atoms with Gasteiger partial charge in [0.1, 0.15) is 24.4 Å². The number of aliphatic carboxylic acids is 2. The van der Waals surface area contributed by atoms with E-state index in [1.54, 1.807) is 0 Å². The summed E-state index contributed by atoms with van der Waals surface area (Å²) < 4.78 is 32.5. The quantitative estimate of drug-likeness (QED) is 0.134. The minimum absolute atomic E-state index is 0.532.